The summed E-state index contributed by atoms with van der Waals surface area (Å²) in [6.45, 7) is 21.3. The molecule has 0 heterocycles. The van der Waals surface area contributed by atoms with E-state index < -0.39 is 5.41 Å². The maximum atomic E-state index is 2.56. The summed E-state index contributed by atoms with van der Waals surface area (Å²) in [6.07, 6.45) is 0. The lowest BCUT2D eigenvalue weighted by Crippen LogP contribution is -2.27. The second kappa shape index (κ2) is 17.4. The summed E-state index contributed by atoms with van der Waals surface area (Å²) in [7, 11) is 0. The van der Waals surface area contributed by atoms with Gasteiger partial charge in [0, 0.05) is 27.9 Å². The molecule has 0 aliphatic heterocycles. The molecule has 0 amide bonds. The molecule has 4 aliphatic carbocycles. The van der Waals surface area contributed by atoms with E-state index in [4.69, 9.17) is 0 Å². The van der Waals surface area contributed by atoms with Crippen LogP contribution in [0.5, 0.6) is 0 Å². The Hall–Kier alpha value is -8.78. The second-order valence-electron chi connectivity index (χ2n) is 26.2. The highest BCUT2D eigenvalue weighted by molar-refractivity contribution is 5.97. The lowest BCUT2D eigenvalue weighted by molar-refractivity contribution is 0.586. The predicted octanol–water partition coefficient (Wildman–Crippen LogP) is 21.1. The van der Waals surface area contributed by atoms with Crippen molar-refractivity contribution < 1.29 is 0 Å². The third-order valence-corrected chi connectivity index (χ3v) is 19.3. The first-order valence-corrected chi connectivity index (χ1v) is 29.2. The Bertz CT molecular complexity index is 4320. The van der Waals surface area contributed by atoms with Crippen molar-refractivity contribution in [3.05, 3.63) is 304 Å². The van der Waals surface area contributed by atoms with Gasteiger partial charge >= 0.3 is 0 Å². The van der Waals surface area contributed by atoms with Crippen LogP contribution in [0.4, 0.5) is 17.1 Å². The van der Waals surface area contributed by atoms with Crippen molar-refractivity contribution in [3.63, 3.8) is 0 Å². The van der Waals surface area contributed by atoms with Gasteiger partial charge in [0.15, 0.2) is 0 Å². The largest absolute Gasteiger partial charge is 0.310 e. The van der Waals surface area contributed by atoms with Crippen LogP contribution in [0.2, 0.25) is 0 Å². The average Bonchev–Trinajstić information content (AvgIpc) is 2.38. The maximum Gasteiger partial charge on any atom is 0.0726 e. The molecule has 392 valence electrons. The molecule has 1 spiro atoms. The maximum absolute atomic E-state index is 2.56. The van der Waals surface area contributed by atoms with E-state index in [-0.39, 0.29) is 21.7 Å². The first-order chi connectivity index (χ1) is 39.1. The van der Waals surface area contributed by atoms with Gasteiger partial charge in [0.2, 0.25) is 0 Å². The molecule has 0 saturated carbocycles. The van der Waals surface area contributed by atoms with Gasteiger partial charge in [-0.25, -0.2) is 0 Å². The molecule has 1 nitrogen and oxygen atoms in total. The minimum Gasteiger partial charge on any atom is -0.310 e. The van der Waals surface area contributed by atoms with Crippen LogP contribution in [-0.4, -0.2) is 0 Å². The predicted molar refractivity (Wildman–Crippen MR) is 341 cm³/mol. The Labute approximate surface area is 479 Å². The number of fused-ring (bicyclic) bond motifs is 16. The molecule has 0 N–H and O–H groups in total. The first kappa shape index (κ1) is 49.3. The molecule has 15 rings (SSSR count). The summed E-state index contributed by atoms with van der Waals surface area (Å²) < 4.78 is 0. The highest BCUT2D eigenvalue weighted by atomic mass is 15.1. The van der Waals surface area contributed by atoms with Crippen LogP contribution < -0.4 is 4.90 Å². The molecule has 0 bridgehead atoms. The summed E-state index contributed by atoms with van der Waals surface area (Å²) in [5.41, 5.74) is 32.8. The number of hydrogen-bond acceptors (Lipinski definition) is 1. The Morgan fingerprint density at radius 3 is 1.31 bits per heavy atom. The van der Waals surface area contributed by atoms with Gasteiger partial charge in [0.05, 0.1) is 5.41 Å². The third-order valence-electron chi connectivity index (χ3n) is 19.3. The minimum absolute atomic E-state index is 0.0363. The van der Waals surface area contributed by atoms with E-state index in [1.165, 1.54) is 128 Å². The molecular weight excluding hydrogens is 975 g/mol. The van der Waals surface area contributed by atoms with Crippen molar-refractivity contribution in [2.75, 3.05) is 4.90 Å². The zero-order valence-electron chi connectivity index (χ0n) is 48.0. The van der Waals surface area contributed by atoms with Gasteiger partial charge in [-0.3, -0.25) is 0 Å². The summed E-state index contributed by atoms with van der Waals surface area (Å²) in [5, 5.41) is 0. The van der Waals surface area contributed by atoms with E-state index in [9.17, 15) is 0 Å². The van der Waals surface area contributed by atoms with Crippen LogP contribution in [-0.2, 0) is 27.1 Å². The second-order valence-corrected chi connectivity index (χ2v) is 26.2. The van der Waals surface area contributed by atoms with Gasteiger partial charge in [0.25, 0.3) is 0 Å². The summed E-state index contributed by atoms with van der Waals surface area (Å²) in [5.74, 6) is 0. The zero-order chi connectivity index (χ0) is 55.4. The van der Waals surface area contributed by atoms with Crippen LogP contribution in [0.1, 0.15) is 124 Å². The molecule has 11 aromatic carbocycles. The standard InChI is InChI=1S/C80H67N/c1-76(2,3)54-35-43-64-65-44-36-55(77(4,5)6)48-73(65)80(72(64)47-54)70-29-18-15-23-61(70)66-45-41-58(49-74(66)80)81(57-39-32-51(33-40-57)59-25-19-26-67-62-24-13-16-27-68(62)78(7,8)75(59)67)56-37-30-50(31-38-56)52-34-42-63-60-22-14-17-28-69(60)79(9,71(63)46-52)53-20-11-10-12-21-53/h10-49H,1-9H3. The minimum atomic E-state index is -0.534. The normalized spacial score (nSPS) is 16.2. The topological polar surface area (TPSA) is 3.24 Å². The fourth-order valence-electron chi connectivity index (χ4n) is 15.1. The van der Waals surface area contributed by atoms with Gasteiger partial charge < -0.3 is 4.90 Å². The Morgan fingerprint density at radius 1 is 0.284 bits per heavy atom. The van der Waals surface area contributed by atoms with Gasteiger partial charge in [-0.15, -0.1) is 0 Å². The molecule has 1 heteroatoms. The van der Waals surface area contributed by atoms with Crippen molar-refractivity contribution in [2.45, 2.75) is 89.4 Å². The molecule has 0 saturated heterocycles. The molecule has 0 aromatic heterocycles. The Kier molecular flexibility index (Phi) is 10.6. The number of hydrogen-bond donors (Lipinski definition) is 0. The summed E-state index contributed by atoms with van der Waals surface area (Å²) in [4.78, 5) is 2.50. The van der Waals surface area contributed by atoms with Gasteiger partial charge in [-0.05, 0) is 188 Å². The molecule has 0 radical (unpaired) electrons. The van der Waals surface area contributed by atoms with E-state index in [1.807, 2.05) is 0 Å². The van der Waals surface area contributed by atoms with Crippen LogP contribution in [0, 0.1) is 0 Å². The molecule has 1 atom stereocenters. The highest BCUT2D eigenvalue weighted by Gasteiger charge is 2.53. The first-order valence-electron chi connectivity index (χ1n) is 29.2. The molecule has 1 unspecified atom stereocenters. The molecule has 0 fully saturated rings. The van der Waals surface area contributed by atoms with Crippen LogP contribution in [0.3, 0.4) is 0 Å². The lowest BCUT2D eigenvalue weighted by atomic mass is 9.68. The zero-order valence-corrected chi connectivity index (χ0v) is 48.0. The van der Waals surface area contributed by atoms with Crippen LogP contribution in [0.25, 0.3) is 66.8 Å². The fourth-order valence-corrected chi connectivity index (χ4v) is 15.1. The number of benzene rings is 11. The number of nitrogens with zero attached hydrogens (tertiary/aromatic N) is 1. The van der Waals surface area contributed by atoms with Crippen LogP contribution >= 0.6 is 0 Å². The van der Waals surface area contributed by atoms with E-state index in [1.54, 1.807) is 0 Å². The Morgan fingerprint density at radius 2 is 0.704 bits per heavy atom. The van der Waals surface area contributed by atoms with Crippen molar-refractivity contribution in [3.8, 4) is 66.8 Å². The van der Waals surface area contributed by atoms with Gasteiger partial charge in [0.1, 0.15) is 0 Å². The highest BCUT2D eigenvalue weighted by Crippen LogP contribution is 2.64. The molecular formula is C80H67N. The molecule has 4 aliphatic rings. The third kappa shape index (κ3) is 7.04. The smallest absolute Gasteiger partial charge is 0.0726 e. The van der Waals surface area contributed by atoms with E-state index in [2.05, 4.69) is 310 Å². The average molecular weight is 1040 g/mol. The van der Waals surface area contributed by atoms with E-state index >= 15 is 0 Å². The van der Waals surface area contributed by atoms with Crippen molar-refractivity contribution in [1.82, 2.24) is 0 Å². The summed E-state index contributed by atoms with van der Waals surface area (Å²) in [6, 6.07) is 93.1. The summed E-state index contributed by atoms with van der Waals surface area (Å²) >= 11 is 0. The molecule has 81 heavy (non-hydrogen) atoms. The molecule has 11 aromatic rings. The number of anilines is 3. The van der Waals surface area contributed by atoms with Crippen LogP contribution in [0.15, 0.2) is 243 Å². The SMILES string of the molecule is CC(C)(C)c1ccc2c(c1)C1(c3ccccc3-c3ccc(N(c4ccc(-c5ccc6c(c5)C(C)(c5ccccc5)c5ccccc5-6)cc4)c4ccc(-c5cccc6c5C(C)(C)c5ccccc5-6)cc4)cc31)c1cc(C(C)(C)C)ccc1-2. The van der Waals surface area contributed by atoms with Gasteiger partial charge in [-0.2, -0.15) is 0 Å². The van der Waals surface area contributed by atoms with Crippen molar-refractivity contribution >= 4 is 17.1 Å². The van der Waals surface area contributed by atoms with E-state index in [0.717, 1.165) is 17.1 Å². The van der Waals surface area contributed by atoms with Crippen molar-refractivity contribution in [1.29, 1.82) is 0 Å². The fraction of sp³-hybridized carbons (Fsp3) is 0.175. The van der Waals surface area contributed by atoms with Crippen molar-refractivity contribution in [2.24, 2.45) is 0 Å². The van der Waals surface area contributed by atoms with E-state index in [0.29, 0.717) is 0 Å². The number of rotatable bonds is 6. The Balaban J connectivity index is 0.913. The monoisotopic (exact) mass is 1040 g/mol. The lowest BCUT2D eigenvalue weighted by Gasteiger charge is -2.34. The van der Waals surface area contributed by atoms with Gasteiger partial charge in [-0.1, -0.05) is 256 Å². The quantitative estimate of drug-likeness (QED) is 0.160.